The van der Waals surface area contributed by atoms with Crippen LogP contribution in [0, 0.1) is 0 Å². The summed E-state index contributed by atoms with van der Waals surface area (Å²) in [5, 5.41) is 0. The predicted octanol–water partition coefficient (Wildman–Crippen LogP) is 13.2. The van der Waals surface area contributed by atoms with E-state index in [-0.39, 0.29) is 5.41 Å². The predicted molar refractivity (Wildman–Crippen MR) is 196 cm³/mol. The number of rotatable bonds is 6. The third-order valence-corrected chi connectivity index (χ3v) is 11.5. The minimum absolute atomic E-state index is 0.0905. The summed E-state index contributed by atoms with van der Waals surface area (Å²) in [6.45, 7) is 4.80. The zero-order valence-corrected chi connectivity index (χ0v) is 27.6. The second-order valence-corrected chi connectivity index (χ2v) is 14.6. The van der Waals surface area contributed by atoms with Crippen LogP contribution in [0.25, 0.3) is 22.3 Å². The van der Waals surface area contributed by atoms with E-state index >= 15 is 0 Å². The normalized spacial score (nSPS) is 17.8. The first-order chi connectivity index (χ1) is 22.6. The van der Waals surface area contributed by atoms with E-state index in [9.17, 15) is 0 Å². The van der Waals surface area contributed by atoms with Crippen LogP contribution in [0.15, 0.2) is 115 Å². The van der Waals surface area contributed by atoms with E-state index in [1.165, 1.54) is 126 Å². The minimum Gasteiger partial charge on any atom is -0.310 e. The molecule has 0 radical (unpaired) electrons. The van der Waals surface area contributed by atoms with E-state index in [4.69, 9.17) is 0 Å². The molecule has 5 aromatic rings. The van der Waals surface area contributed by atoms with Gasteiger partial charge in [-0.15, -0.1) is 0 Å². The Morgan fingerprint density at radius 2 is 1.02 bits per heavy atom. The summed E-state index contributed by atoms with van der Waals surface area (Å²) in [4.78, 5) is 2.49. The highest BCUT2D eigenvalue weighted by atomic mass is 15.1. The van der Waals surface area contributed by atoms with Gasteiger partial charge in [0.25, 0.3) is 0 Å². The van der Waals surface area contributed by atoms with Gasteiger partial charge in [-0.25, -0.2) is 0 Å². The Morgan fingerprint density at radius 3 is 1.59 bits per heavy atom. The fourth-order valence-corrected chi connectivity index (χ4v) is 8.88. The van der Waals surface area contributed by atoms with Crippen LogP contribution in [-0.4, -0.2) is 0 Å². The first kappa shape index (κ1) is 29.3. The Hall–Kier alpha value is -4.10. The van der Waals surface area contributed by atoms with Crippen LogP contribution >= 0.6 is 0 Å². The molecule has 2 saturated carbocycles. The second-order valence-electron chi connectivity index (χ2n) is 14.6. The average molecular weight is 602 g/mol. The maximum atomic E-state index is 2.49. The molecule has 2 fully saturated rings. The molecule has 5 aromatic carbocycles. The summed E-state index contributed by atoms with van der Waals surface area (Å²) in [7, 11) is 0. The van der Waals surface area contributed by atoms with Gasteiger partial charge < -0.3 is 4.90 Å². The first-order valence-electron chi connectivity index (χ1n) is 17.9. The van der Waals surface area contributed by atoms with Crippen LogP contribution in [0.3, 0.4) is 0 Å². The van der Waals surface area contributed by atoms with Crippen LogP contribution in [0.4, 0.5) is 17.1 Å². The molecule has 0 bridgehead atoms. The number of nitrogens with zero attached hydrogens (tertiary/aromatic N) is 1. The SMILES string of the molecule is CC1(C)c2cc(N(c3ccc(C4CCCCC4)cc3)c3ccc(C4CCCCC4)cc3)ccc2-c2c(-c3ccccc3)cccc21. The molecule has 0 spiro atoms. The van der Waals surface area contributed by atoms with Crippen molar-refractivity contribution in [1.29, 1.82) is 0 Å². The lowest BCUT2D eigenvalue weighted by Gasteiger charge is -2.29. The molecule has 0 atom stereocenters. The van der Waals surface area contributed by atoms with Crippen LogP contribution in [0.2, 0.25) is 0 Å². The van der Waals surface area contributed by atoms with Crippen molar-refractivity contribution in [3.63, 3.8) is 0 Å². The van der Waals surface area contributed by atoms with Crippen molar-refractivity contribution >= 4 is 17.1 Å². The molecular formula is C45H47N. The summed E-state index contributed by atoms with van der Waals surface area (Å²) >= 11 is 0. The van der Waals surface area contributed by atoms with Gasteiger partial charge in [0, 0.05) is 22.5 Å². The highest BCUT2D eigenvalue weighted by Gasteiger charge is 2.37. The standard InChI is InChI=1S/C45H47N/c1-45(2)42-20-12-19-40(36-17-10-5-11-18-36)44(42)41-30-29-39(31-43(41)45)46(37-25-21-34(22-26-37)32-13-6-3-7-14-32)38-27-23-35(24-28-38)33-15-8-4-9-16-33/h5,10-12,17-33H,3-4,6-9,13-16H2,1-2H3. The van der Waals surface area contributed by atoms with Crippen molar-refractivity contribution in [1.82, 2.24) is 0 Å². The maximum absolute atomic E-state index is 2.49. The second kappa shape index (κ2) is 12.3. The zero-order chi connectivity index (χ0) is 31.1. The molecule has 1 heteroatoms. The van der Waals surface area contributed by atoms with Gasteiger partial charge in [0.2, 0.25) is 0 Å². The van der Waals surface area contributed by atoms with E-state index < -0.39 is 0 Å². The number of benzene rings is 5. The molecule has 232 valence electrons. The number of hydrogen-bond donors (Lipinski definition) is 0. The van der Waals surface area contributed by atoms with Gasteiger partial charge in [-0.05, 0) is 118 Å². The number of fused-ring (bicyclic) bond motifs is 3. The van der Waals surface area contributed by atoms with E-state index in [0.29, 0.717) is 11.8 Å². The molecule has 0 saturated heterocycles. The van der Waals surface area contributed by atoms with E-state index in [1.807, 2.05) is 0 Å². The molecule has 8 rings (SSSR count). The lowest BCUT2D eigenvalue weighted by molar-refractivity contribution is 0.443. The lowest BCUT2D eigenvalue weighted by atomic mass is 9.81. The molecule has 1 nitrogen and oxygen atoms in total. The zero-order valence-electron chi connectivity index (χ0n) is 27.6. The molecule has 0 aromatic heterocycles. The fraction of sp³-hybridized carbons (Fsp3) is 0.333. The Labute approximate surface area is 276 Å². The van der Waals surface area contributed by atoms with Gasteiger partial charge in [0.1, 0.15) is 0 Å². The third-order valence-electron chi connectivity index (χ3n) is 11.5. The summed E-state index contributed by atoms with van der Waals surface area (Å²) in [5.74, 6) is 1.42. The van der Waals surface area contributed by atoms with Gasteiger partial charge in [-0.3, -0.25) is 0 Å². The molecular weight excluding hydrogens is 555 g/mol. The van der Waals surface area contributed by atoms with Crippen LogP contribution < -0.4 is 4.90 Å². The van der Waals surface area contributed by atoms with Crippen molar-refractivity contribution in [2.24, 2.45) is 0 Å². The Morgan fingerprint density at radius 1 is 0.478 bits per heavy atom. The quantitative estimate of drug-likeness (QED) is 0.187. The monoisotopic (exact) mass is 601 g/mol. The van der Waals surface area contributed by atoms with Crippen LogP contribution in [0.5, 0.6) is 0 Å². The van der Waals surface area contributed by atoms with Crippen molar-refractivity contribution < 1.29 is 0 Å². The molecule has 0 amide bonds. The van der Waals surface area contributed by atoms with Gasteiger partial charge >= 0.3 is 0 Å². The molecule has 0 unspecified atom stereocenters. The van der Waals surface area contributed by atoms with Gasteiger partial charge in [-0.2, -0.15) is 0 Å². The van der Waals surface area contributed by atoms with Gasteiger partial charge in [0.15, 0.2) is 0 Å². The smallest absolute Gasteiger partial charge is 0.0465 e. The molecule has 0 heterocycles. The van der Waals surface area contributed by atoms with E-state index in [0.717, 1.165) is 0 Å². The Kier molecular flexibility index (Phi) is 7.81. The van der Waals surface area contributed by atoms with Gasteiger partial charge in [-0.1, -0.05) is 131 Å². The number of hydrogen-bond acceptors (Lipinski definition) is 1. The van der Waals surface area contributed by atoms with Crippen LogP contribution in [-0.2, 0) is 5.41 Å². The summed E-state index contributed by atoms with van der Waals surface area (Å²) in [5.41, 5.74) is 14.8. The molecule has 3 aliphatic carbocycles. The van der Waals surface area contributed by atoms with Crippen molar-refractivity contribution in [3.8, 4) is 22.3 Å². The summed E-state index contributed by atoms with van der Waals surface area (Å²) < 4.78 is 0. The molecule has 0 aliphatic heterocycles. The van der Waals surface area contributed by atoms with Crippen LogP contribution in [0.1, 0.15) is 112 Å². The molecule has 3 aliphatic rings. The maximum Gasteiger partial charge on any atom is 0.0465 e. The van der Waals surface area contributed by atoms with Crippen molar-refractivity contribution in [3.05, 3.63) is 138 Å². The Bertz CT molecular complexity index is 1740. The Balaban J connectivity index is 1.21. The lowest BCUT2D eigenvalue weighted by Crippen LogP contribution is -2.16. The molecule has 46 heavy (non-hydrogen) atoms. The summed E-state index contributed by atoms with van der Waals surface area (Å²) in [6, 6.07) is 44.1. The van der Waals surface area contributed by atoms with Crippen molar-refractivity contribution in [2.45, 2.75) is 95.3 Å². The largest absolute Gasteiger partial charge is 0.310 e. The van der Waals surface area contributed by atoms with Crippen molar-refractivity contribution in [2.75, 3.05) is 4.90 Å². The highest BCUT2D eigenvalue weighted by Crippen LogP contribution is 2.53. The topological polar surface area (TPSA) is 3.24 Å². The average Bonchev–Trinajstić information content (AvgIpc) is 3.36. The van der Waals surface area contributed by atoms with E-state index in [2.05, 4.69) is 134 Å². The molecule has 0 N–H and O–H groups in total. The number of anilines is 3. The minimum atomic E-state index is -0.0905. The van der Waals surface area contributed by atoms with Gasteiger partial charge in [0.05, 0.1) is 0 Å². The van der Waals surface area contributed by atoms with E-state index in [1.54, 1.807) is 0 Å². The summed E-state index contributed by atoms with van der Waals surface area (Å²) in [6.07, 6.45) is 13.6. The fourth-order valence-electron chi connectivity index (χ4n) is 8.88. The first-order valence-corrected chi connectivity index (χ1v) is 17.9. The highest BCUT2D eigenvalue weighted by molar-refractivity contribution is 5.94. The third kappa shape index (κ3) is 5.28.